The molecule has 140 valence electrons. The van der Waals surface area contributed by atoms with Crippen molar-refractivity contribution in [2.75, 3.05) is 6.54 Å². The van der Waals surface area contributed by atoms with Crippen molar-refractivity contribution in [1.29, 1.82) is 5.26 Å². The van der Waals surface area contributed by atoms with Crippen molar-refractivity contribution >= 4 is 5.91 Å². The van der Waals surface area contributed by atoms with Gasteiger partial charge in [-0.3, -0.25) is 4.79 Å². The molecule has 1 aliphatic rings. The largest absolute Gasteiger partial charge is 0.489 e. The number of amides is 1. The number of nitrogens with two attached hydrogens (primary N) is 1. The van der Waals surface area contributed by atoms with Crippen molar-refractivity contribution < 1.29 is 13.9 Å². The van der Waals surface area contributed by atoms with E-state index < -0.39 is 18.3 Å². The van der Waals surface area contributed by atoms with Crippen LogP contribution >= 0.6 is 0 Å². The van der Waals surface area contributed by atoms with Crippen LogP contribution in [0.4, 0.5) is 4.39 Å². The molecule has 3 rings (SSSR count). The number of rotatable bonds is 6. The van der Waals surface area contributed by atoms with Crippen LogP contribution in [-0.2, 0) is 17.8 Å². The Morgan fingerprint density at radius 3 is 2.59 bits per heavy atom. The summed E-state index contributed by atoms with van der Waals surface area (Å²) in [5, 5.41) is 9.07. The highest BCUT2D eigenvalue weighted by atomic mass is 19.1. The van der Waals surface area contributed by atoms with E-state index in [1.54, 1.807) is 0 Å². The highest BCUT2D eigenvalue weighted by molar-refractivity contribution is 5.83. The Morgan fingerprint density at radius 1 is 1.22 bits per heavy atom. The minimum absolute atomic E-state index is 0.0579. The zero-order valence-electron chi connectivity index (χ0n) is 14.9. The third-order valence-electron chi connectivity index (χ3n) is 4.63. The second-order valence-electron chi connectivity index (χ2n) is 6.70. The molecule has 2 aromatic carbocycles. The molecule has 1 fully saturated rings. The summed E-state index contributed by atoms with van der Waals surface area (Å²) < 4.78 is 19.2. The summed E-state index contributed by atoms with van der Waals surface area (Å²) in [4.78, 5) is 13.7. The number of hydrogen-bond donors (Lipinski definition) is 1. The zero-order chi connectivity index (χ0) is 19.2. The monoisotopic (exact) mass is 367 g/mol. The van der Waals surface area contributed by atoms with Crippen LogP contribution in [-0.4, -0.2) is 35.6 Å². The lowest BCUT2D eigenvalue weighted by atomic mass is 10.0. The lowest BCUT2D eigenvalue weighted by molar-refractivity contribution is -0.132. The maximum Gasteiger partial charge on any atom is 0.241 e. The van der Waals surface area contributed by atoms with Crippen molar-refractivity contribution in [3.8, 4) is 11.8 Å². The summed E-state index contributed by atoms with van der Waals surface area (Å²) in [6.45, 7) is 0.421. The molecule has 0 aliphatic carbocycles. The molecule has 2 aromatic rings. The summed E-state index contributed by atoms with van der Waals surface area (Å²) in [7, 11) is 0. The predicted molar refractivity (Wildman–Crippen MR) is 99.5 cm³/mol. The van der Waals surface area contributed by atoms with E-state index in [0.717, 1.165) is 16.9 Å². The van der Waals surface area contributed by atoms with Crippen LogP contribution in [0.1, 0.15) is 17.5 Å². The number of likely N-dealkylation sites (tertiary alicyclic amines) is 1. The minimum Gasteiger partial charge on any atom is -0.489 e. The molecule has 0 bridgehead atoms. The maximum atomic E-state index is 13.5. The number of carbonyl (C=O) groups excluding carboxylic acids is 1. The van der Waals surface area contributed by atoms with Gasteiger partial charge in [0.05, 0.1) is 18.7 Å². The number of alkyl halides is 1. The van der Waals surface area contributed by atoms with Crippen molar-refractivity contribution in [1.82, 2.24) is 4.90 Å². The summed E-state index contributed by atoms with van der Waals surface area (Å²) in [6.07, 6.45) is -0.780. The highest BCUT2D eigenvalue weighted by Gasteiger charge is 2.37. The molecule has 1 heterocycles. The molecule has 1 saturated heterocycles. The van der Waals surface area contributed by atoms with E-state index in [1.165, 1.54) is 4.90 Å². The van der Waals surface area contributed by atoms with Crippen molar-refractivity contribution in [2.45, 2.75) is 37.7 Å². The van der Waals surface area contributed by atoms with Crippen LogP contribution in [0, 0.1) is 11.3 Å². The van der Waals surface area contributed by atoms with Gasteiger partial charge in [0, 0.05) is 6.42 Å². The van der Waals surface area contributed by atoms with Crippen LogP contribution in [0.15, 0.2) is 54.6 Å². The minimum atomic E-state index is -1.16. The first-order chi connectivity index (χ1) is 13.1. The van der Waals surface area contributed by atoms with Gasteiger partial charge in [0.1, 0.15) is 24.6 Å². The molecule has 0 unspecified atom stereocenters. The van der Waals surface area contributed by atoms with Gasteiger partial charge in [-0.05, 0) is 29.7 Å². The normalized spacial score (nSPS) is 20.1. The molecule has 1 amide bonds. The molecular weight excluding hydrogens is 345 g/mol. The summed E-state index contributed by atoms with van der Waals surface area (Å²) in [5.74, 6) is 0.345. The number of nitriles is 1. The smallest absolute Gasteiger partial charge is 0.241 e. The van der Waals surface area contributed by atoms with Gasteiger partial charge in [-0.25, -0.2) is 4.39 Å². The van der Waals surface area contributed by atoms with Crippen LogP contribution in [0.25, 0.3) is 0 Å². The van der Waals surface area contributed by atoms with E-state index in [4.69, 9.17) is 15.7 Å². The standard InChI is InChI=1S/C21H22FN3O2/c22-17-11-18(12-23)25(13-17)21(26)20(24)10-15-6-8-19(9-7-15)27-14-16-4-2-1-3-5-16/h1-9,17-18,20H,10-11,13-14,24H2/t17-,18-,20-/m0/s1. The fraction of sp³-hybridized carbons (Fsp3) is 0.333. The first kappa shape index (κ1) is 18.9. The average Bonchev–Trinajstić information content (AvgIpc) is 3.08. The fourth-order valence-corrected chi connectivity index (χ4v) is 3.17. The van der Waals surface area contributed by atoms with Gasteiger partial charge in [-0.15, -0.1) is 0 Å². The van der Waals surface area contributed by atoms with Gasteiger partial charge >= 0.3 is 0 Å². The molecule has 0 spiro atoms. The second kappa shape index (κ2) is 8.65. The van der Waals surface area contributed by atoms with Gasteiger partial charge in [-0.1, -0.05) is 42.5 Å². The molecule has 0 saturated carbocycles. The Balaban J connectivity index is 1.54. The molecule has 6 heteroatoms. The lowest BCUT2D eigenvalue weighted by Gasteiger charge is -2.23. The van der Waals surface area contributed by atoms with Crippen molar-refractivity contribution in [3.63, 3.8) is 0 Å². The van der Waals surface area contributed by atoms with E-state index >= 15 is 0 Å². The topological polar surface area (TPSA) is 79.4 Å². The number of benzene rings is 2. The Bertz CT molecular complexity index is 804. The SMILES string of the molecule is N#C[C@@H]1C[C@H](F)CN1C(=O)[C@@H](N)Cc1ccc(OCc2ccccc2)cc1. The van der Waals surface area contributed by atoms with Crippen LogP contribution in [0.2, 0.25) is 0 Å². The number of ether oxygens (including phenoxy) is 1. The summed E-state index contributed by atoms with van der Waals surface area (Å²) in [6, 6.07) is 17.7. The van der Waals surface area contributed by atoms with E-state index in [0.29, 0.717) is 13.0 Å². The first-order valence-electron chi connectivity index (χ1n) is 8.92. The third-order valence-corrected chi connectivity index (χ3v) is 4.63. The van der Waals surface area contributed by atoms with Crippen LogP contribution in [0.5, 0.6) is 5.75 Å². The second-order valence-corrected chi connectivity index (χ2v) is 6.70. The Labute approximate surface area is 158 Å². The number of carbonyl (C=O) groups is 1. The molecule has 0 aromatic heterocycles. The van der Waals surface area contributed by atoms with Gasteiger partial charge in [0.25, 0.3) is 0 Å². The van der Waals surface area contributed by atoms with E-state index in [-0.39, 0.29) is 18.9 Å². The van der Waals surface area contributed by atoms with Crippen molar-refractivity contribution in [3.05, 3.63) is 65.7 Å². The van der Waals surface area contributed by atoms with E-state index in [9.17, 15) is 9.18 Å². The van der Waals surface area contributed by atoms with Crippen molar-refractivity contribution in [2.24, 2.45) is 5.73 Å². The zero-order valence-corrected chi connectivity index (χ0v) is 14.9. The quantitative estimate of drug-likeness (QED) is 0.851. The number of hydrogen-bond acceptors (Lipinski definition) is 4. The molecule has 1 aliphatic heterocycles. The fourth-order valence-electron chi connectivity index (χ4n) is 3.17. The maximum absolute atomic E-state index is 13.5. The number of halogens is 1. The predicted octanol–water partition coefficient (Wildman–Crippen LogP) is 2.60. The van der Waals surface area contributed by atoms with E-state index in [1.807, 2.05) is 60.7 Å². The molecule has 3 atom stereocenters. The molecule has 0 radical (unpaired) electrons. The molecule has 2 N–H and O–H groups in total. The Kier molecular flexibility index (Phi) is 6.05. The van der Waals surface area contributed by atoms with Gasteiger partial charge in [0.2, 0.25) is 5.91 Å². The third kappa shape index (κ3) is 4.83. The number of nitrogens with zero attached hydrogens (tertiary/aromatic N) is 2. The summed E-state index contributed by atoms with van der Waals surface area (Å²) >= 11 is 0. The molecular formula is C21H22FN3O2. The van der Waals surface area contributed by atoms with Gasteiger partial charge in [-0.2, -0.15) is 5.26 Å². The first-order valence-corrected chi connectivity index (χ1v) is 8.92. The highest BCUT2D eigenvalue weighted by Crippen LogP contribution is 2.21. The Morgan fingerprint density at radius 2 is 1.93 bits per heavy atom. The lowest BCUT2D eigenvalue weighted by Crippen LogP contribution is -2.46. The molecule has 27 heavy (non-hydrogen) atoms. The van der Waals surface area contributed by atoms with E-state index in [2.05, 4.69) is 0 Å². The average molecular weight is 367 g/mol. The van der Waals surface area contributed by atoms with Gasteiger partial charge < -0.3 is 15.4 Å². The Hall–Kier alpha value is -2.91. The molecule has 5 nitrogen and oxygen atoms in total. The van der Waals surface area contributed by atoms with Gasteiger partial charge in [0.15, 0.2) is 0 Å². The summed E-state index contributed by atoms with van der Waals surface area (Å²) in [5.41, 5.74) is 7.97. The van der Waals surface area contributed by atoms with Crippen LogP contribution < -0.4 is 10.5 Å². The van der Waals surface area contributed by atoms with Crippen LogP contribution in [0.3, 0.4) is 0 Å².